The van der Waals surface area contributed by atoms with Crippen LogP contribution < -0.4 is 24.8 Å². The van der Waals surface area contributed by atoms with Crippen molar-refractivity contribution in [3.8, 4) is 0 Å². The molecule has 0 aliphatic rings. The zero-order valence-electron chi connectivity index (χ0n) is 27.1. The number of aryl methyl sites for hydroxylation is 6. The van der Waals surface area contributed by atoms with E-state index in [2.05, 4.69) is 71.9 Å². The number of pyridine rings is 1. The van der Waals surface area contributed by atoms with Crippen molar-refractivity contribution in [2.24, 2.45) is 9.98 Å². The molecule has 3 nitrogen and oxygen atoms in total. The smallest absolute Gasteiger partial charge is 1.00 e. The van der Waals surface area contributed by atoms with Gasteiger partial charge in [-0.05, 0) is 99.6 Å². The Bertz CT molecular complexity index is 1130. The molecule has 0 saturated carbocycles. The number of hydrogen-bond donors (Lipinski definition) is 0. The minimum Gasteiger partial charge on any atom is -1.00 e. The molecule has 43 heavy (non-hydrogen) atoms. The van der Waals surface area contributed by atoms with Crippen LogP contribution in [0, 0.1) is 13.8 Å². The van der Waals surface area contributed by atoms with Crippen LogP contribution in [-0.2, 0) is 42.5 Å². The molecule has 3 rings (SSSR count). The second-order valence-corrected chi connectivity index (χ2v) is 11.3. The number of halogens is 2. The maximum Gasteiger partial charge on any atom is 2.00 e. The van der Waals surface area contributed by atoms with E-state index in [1.165, 1.54) is 84.7 Å². The van der Waals surface area contributed by atoms with Gasteiger partial charge in [-0.25, -0.2) is 4.98 Å². The SMILES string of the molecule is CCCCc1cc(C)cc(CCCC)c1N=Cc1cccc(C=Nc2c(CCCC)cc(C)cc2CCCC)n1.[Cl-].[Cl-].[Co+2]. The number of aliphatic imine (C=N–C) groups is 2. The Morgan fingerprint density at radius 3 is 1.14 bits per heavy atom. The minimum atomic E-state index is 0. The summed E-state index contributed by atoms with van der Waals surface area (Å²) in [5, 5.41) is 0. The summed E-state index contributed by atoms with van der Waals surface area (Å²) >= 11 is 0. The van der Waals surface area contributed by atoms with E-state index < -0.39 is 0 Å². The number of nitrogens with zero attached hydrogens (tertiary/aromatic N) is 3. The fourth-order valence-corrected chi connectivity index (χ4v) is 5.31. The van der Waals surface area contributed by atoms with Crippen molar-refractivity contribution in [1.82, 2.24) is 4.98 Å². The average molecular weight is 668 g/mol. The topological polar surface area (TPSA) is 37.6 Å². The van der Waals surface area contributed by atoms with E-state index in [9.17, 15) is 0 Å². The molecular weight excluding hydrogens is 616 g/mol. The van der Waals surface area contributed by atoms with Gasteiger partial charge in [0.2, 0.25) is 0 Å². The van der Waals surface area contributed by atoms with Crippen molar-refractivity contribution < 1.29 is 41.6 Å². The standard InChI is InChI=1S/C37H51N3.2ClH.Co/c1-7-11-16-30-22-28(5)23-31(17-12-8-2)36(30)38-26-34-20-15-21-35(40-34)27-39-37-32(18-13-9-3)24-29(6)25-33(37)19-14-10-4;;;/h15,20-27H,7-14,16-19H2,1-6H3;2*1H;/q;;;+2/p-2. The molecule has 6 heteroatoms. The van der Waals surface area contributed by atoms with Crippen LogP contribution in [0.2, 0.25) is 0 Å². The van der Waals surface area contributed by atoms with E-state index in [-0.39, 0.29) is 41.6 Å². The van der Waals surface area contributed by atoms with Gasteiger partial charge < -0.3 is 24.8 Å². The predicted molar refractivity (Wildman–Crippen MR) is 176 cm³/mol. The Labute approximate surface area is 284 Å². The van der Waals surface area contributed by atoms with E-state index >= 15 is 0 Å². The Morgan fingerprint density at radius 2 is 0.860 bits per heavy atom. The second-order valence-electron chi connectivity index (χ2n) is 11.3. The van der Waals surface area contributed by atoms with Gasteiger partial charge in [0.15, 0.2) is 0 Å². The molecule has 0 aliphatic carbocycles. The molecule has 2 aromatic carbocycles. The summed E-state index contributed by atoms with van der Waals surface area (Å²) < 4.78 is 0. The van der Waals surface area contributed by atoms with Crippen LogP contribution in [0.3, 0.4) is 0 Å². The minimum absolute atomic E-state index is 0. The first-order valence-electron chi connectivity index (χ1n) is 15.8. The van der Waals surface area contributed by atoms with Gasteiger partial charge in [0.1, 0.15) is 0 Å². The molecular formula is C37H51Cl2CoN3. The molecule has 1 heterocycles. The first-order valence-corrected chi connectivity index (χ1v) is 15.8. The molecule has 0 saturated heterocycles. The second kappa shape index (κ2) is 22.5. The van der Waals surface area contributed by atoms with Gasteiger partial charge in [0, 0.05) is 0 Å². The third-order valence-electron chi connectivity index (χ3n) is 7.47. The number of benzene rings is 2. The summed E-state index contributed by atoms with van der Waals surface area (Å²) in [7, 11) is 0. The maximum absolute atomic E-state index is 5.06. The van der Waals surface area contributed by atoms with Crippen LogP contribution >= 0.6 is 0 Å². The van der Waals surface area contributed by atoms with Crippen molar-refractivity contribution in [2.75, 3.05) is 0 Å². The summed E-state index contributed by atoms with van der Waals surface area (Å²) in [6, 6.07) is 15.4. The Balaban J connectivity index is 0.00000588. The molecule has 0 unspecified atom stereocenters. The summed E-state index contributed by atoms with van der Waals surface area (Å²) in [5.41, 5.74) is 12.1. The van der Waals surface area contributed by atoms with Crippen molar-refractivity contribution in [3.05, 3.63) is 87.2 Å². The molecule has 0 amide bonds. The van der Waals surface area contributed by atoms with Gasteiger partial charge in [-0.3, -0.25) is 9.98 Å². The molecule has 237 valence electrons. The largest absolute Gasteiger partial charge is 2.00 e. The van der Waals surface area contributed by atoms with E-state index in [4.69, 9.17) is 15.0 Å². The van der Waals surface area contributed by atoms with Crippen LogP contribution in [0.25, 0.3) is 0 Å². The maximum atomic E-state index is 5.06. The summed E-state index contributed by atoms with van der Waals surface area (Å²) in [5.74, 6) is 0. The van der Waals surface area contributed by atoms with Crippen LogP contribution in [0.5, 0.6) is 0 Å². The van der Waals surface area contributed by atoms with Gasteiger partial charge in [0.05, 0.1) is 35.2 Å². The molecule has 1 radical (unpaired) electrons. The predicted octanol–water partition coefficient (Wildman–Crippen LogP) is 4.58. The van der Waals surface area contributed by atoms with E-state index in [1.54, 1.807) is 0 Å². The average Bonchev–Trinajstić information content (AvgIpc) is 2.95. The van der Waals surface area contributed by atoms with Crippen molar-refractivity contribution in [3.63, 3.8) is 0 Å². The normalized spacial score (nSPS) is 10.9. The van der Waals surface area contributed by atoms with Crippen LogP contribution in [0.1, 0.15) is 124 Å². The van der Waals surface area contributed by atoms with Crippen molar-refractivity contribution >= 4 is 23.8 Å². The van der Waals surface area contributed by atoms with Gasteiger partial charge in [-0.2, -0.15) is 0 Å². The molecule has 0 N–H and O–H groups in total. The molecule has 0 aliphatic heterocycles. The Kier molecular flexibility index (Phi) is 21.5. The van der Waals surface area contributed by atoms with Gasteiger partial charge in [-0.1, -0.05) is 94.8 Å². The number of hydrogen-bond acceptors (Lipinski definition) is 3. The Hall–Kier alpha value is -1.98. The summed E-state index contributed by atoms with van der Waals surface area (Å²) in [4.78, 5) is 15.0. The van der Waals surface area contributed by atoms with Crippen molar-refractivity contribution in [1.29, 1.82) is 0 Å². The molecule has 0 spiro atoms. The zero-order chi connectivity index (χ0) is 28.7. The van der Waals surface area contributed by atoms with E-state index in [0.717, 1.165) is 48.4 Å². The number of rotatable bonds is 16. The summed E-state index contributed by atoms with van der Waals surface area (Å²) in [6.07, 6.45) is 17.6. The van der Waals surface area contributed by atoms with E-state index in [1.807, 2.05) is 24.6 Å². The fraction of sp³-hybridized carbons (Fsp3) is 0.486. The van der Waals surface area contributed by atoms with Crippen LogP contribution in [-0.4, -0.2) is 17.4 Å². The fourth-order valence-electron chi connectivity index (χ4n) is 5.31. The first-order chi connectivity index (χ1) is 19.5. The molecule has 1 aromatic heterocycles. The molecule has 0 fully saturated rings. The number of aromatic nitrogens is 1. The number of unbranched alkanes of at least 4 members (excludes halogenated alkanes) is 4. The third-order valence-corrected chi connectivity index (χ3v) is 7.47. The molecule has 0 bridgehead atoms. The van der Waals surface area contributed by atoms with Crippen LogP contribution in [0.15, 0.2) is 52.4 Å². The van der Waals surface area contributed by atoms with Crippen LogP contribution in [0.4, 0.5) is 11.4 Å². The monoisotopic (exact) mass is 666 g/mol. The van der Waals surface area contributed by atoms with Gasteiger partial charge >= 0.3 is 16.8 Å². The molecule has 0 atom stereocenters. The summed E-state index contributed by atoms with van der Waals surface area (Å²) in [6.45, 7) is 13.4. The Morgan fingerprint density at radius 1 is 0.558 bits per heavy atom. The van der Waals surface area contributed by atoms with Gasteiger partial charge in [-0.15, -0.1) is 0 Å². The molecule has 3 aromatic rings. The van der Waals surface area contributed by atoms with Gasteiger partial charge in [0.25, 0.3) is 0 Å². The first kappa shape index (κ1) is 41.0. The zero-order valence-corrected chi connectivity index (χ0v) is 29.7. The van der Waals surface area contributed by atoms with E-state index in [0.29, 0.717) is 0 Å². The third kappa shape index (κ3) is 13.3. The quantitative estimate of drug-likeness (QED) is 0.207. The van der Waals surface area contributed by atoms with Crippen molar-refractivity contribution in [2.45, 2.75) is 119 Å².